The fraction of sp³-hybridized carbons (Fsp3) is 0.292. The number of rotatable bonds is 7. The van der Waals surface area contributed by atoms with Crippen LogP contribution in [0.1, 0.15) is 18.4 Å². The van der Waals surface area contributed by atoms with Crippen LogP contribution in [-0.2, 0) is 0 Å². The van der Waals surface area contributed by atoms with Crippen LogP contribution < -0.4 is 27.0 Å². The Morgan fingerprint density at radius 3 is 2.80 bits per heavy atom. The van der Waals surface area contributed by atoms with Gasteiger partial charge in [0, 0.05) is 48.0 Å². The van der Waals surface area contributed by atoms with Gasteiger partial charge < -0.3 is 30.6 Å². The van der Waals surface area contributed by atoms with E-state index < -0.39 is 0 Å². The van der Waals surface area contributed by atoms with Gasteiger partial charge in [-0.25, -0.2) is 4.98 Å². The largest absolute Gasteiger partial charge is 0.395 e. The van der Waals surface area contributed by atoms with Gasteiger partial charge in [0.2, 0.25) is 0 Å². The molecule has 0 amide bonds. The van der Waals surface area contributed by atoms with Crippen molar-refractivity contribution in [3.63, 3.8) is 0 Å². The van der Waals surface area contributed by atoms with Gasteiger partial charge in [0.25, 0.3) is 5.56 Å². The van der Waals surface area contributed by atoms with Gasteiger partial charge in [-0.2, -0.15) is 9.61 Å². The van der Waals surface area contributed by atoms with E-state index in [1.165, 1.54) is 0 Å². The van der Waals surface area contributed by atoms with E-state index in [1.807, 2.05) is 30.3 Å². The van der Waals surface area contributed by atoms with Gasteiger partial charge in [-0.15, -0.1) is 0 Å². The van der Waals surface area contributed by atoms with Crippen molar-refractivity contribution in [1.82, 2.24) is 29.5 Å². The van der Waals surface area contributed by atoms with Crippen molar-refractivity contribution < 1.29 is 5.11 Å². The lowest BCUT2D eigenvalue weighted by molar-refractivity contribution is 0.168. The number of nitrogens with zero attached hydrogens (tertiary/aromatic N) is 4. The Morgan fingerprint density at radius 1 is 1.26 bits per heavy atom. The summed E-state index contributed by atoms with van der Waals surface area (Å²) in [7, 11) is 0. The maximum Gasteiger partial charge on any atom is 0.273 e. The predicted octanol–water partition coefficient (Wildman–Crippen LogP) is 1.25. The molecule has 10 nitrogen and oxygen atoms in total. The van der Waals surface area contributed by atoms with Crippen LogP contribution in [0, 0.1) is 0 Å². The molecule has 1 aromatic carbocycles. The van der Waals surface area contributed by atoms with E-state index in [0.29, 0.717) is 39.4 Å². The summed E-state index contributed by atoms with van der Waals surface area (Å²) >= 11 is 6.16. The van der Waals surface area contributed by atoms with Gasteiger partial charge in [-0.05, 0) is 37.1 Å². The van der Waals surface area contributed by atoms with Gasteiger partial charge in [-0.3, -0.25) is 4.79 Å². The van der Waals surface area contributed by atoms with Gasteiger partial charge in [0.1, 0.15) is 22.5 Å². The number of likely N-dealkylation sites (tertiary alicyclic amines) is 1. The Balaban J connectivity index is 1.52. The van der Waals surface area contributed by atoms with E-state index in [4.69, 9.17) is 16.6 Å². The Bertz CT molecular complexity index is 1500. The Morgan fingerprint density at radius 2 is 2.09 bits per heavy atom. The zero-order chi connectivity index (χ0) is 24.4. The van der Waals surface area contributed by atoms with Gasteiger partial charge in [0.15, 0.2) is 5.65 Å². The molecule has 11 heteroatoms. The topological polar surface area (TPSA) is 126 Å². The molecule has 1 fully saturated rings. The molecule has 182 valence electrons. The molecule has 1 aliphatic rings. The smallest absolute Gasteiger partial charge is 0.273 e. The van der Waals surface area contributed by atoms with E-state index in [0.717, 1.165) is 37.4 Å². The molecular weight excluding hydrogens is 468 g/mol. The number of hydrogen-bond acceptors (Lipinski definition) is 7. The van der Waals surface area contributed by atoms with Crippen LogP contribution in [0.2, 0.25) is 5.02 Å². The van der Waals surface area contributed by atoms with Crippen molar-refractivity contribution in [1.29, 1.82) is 0 Å². The van der Waals surface area contributed by atoms with E-state index in [1.54, 1.807) is 16.8 Å². The number of aromatic amines is 2. The molecule has 0 aliphatic carbocycles. The van der Waals surface area contributed by atoms with Crippen molar-refractivity contribution in [3.05, 3.63) is 68.3 Å². The van der Waals surface area contributed by atoms with Crippen LogP contribution in [0.5, 0.6) is 0 Å². The zero-order valence-corrected chi connectivity index (χ0v) is 19.8. The highest BCUT2D eigenvalue weighted by Crippen LogP contribution is 2.25. The van der Waals surface area contributed by atoms with Crippen molar-refractivity contribution in [2.24, 2.45) is 0 Å². The standard InChI is InChI=1S/C24H27ClN8O2/c1-15-27-20(24(35)28-15)11-16-14-26-33-22(30-18-5-7-32(8-6-18)9-10-34)13-21(31-23(16)33)29-19-4-2-3-17(25)12-19/h2-4,11-14,18,27,30,34H,1,5-10H2,(H,28,35)(H,29,31). The first-order valence-corrected chi connectivity index (χ1v) is 11.9. The first-order chi connectivity index (χ1) is 17.0. The second-order valence-corrected chi connectivity index (χ2v) is 9.03. The van der Waals surface area contributed by atoms with Crippen LogP contribution in [0.4, 0.5) is 17.3 Å². The lowest BCUT2D eigenvalue weighted by Crippen LogP contribution is -2.40. The number of piperidine rings is 1. The number of hydrogen-bond donors (Lipinski definition) is 5. The average molecular weight is 495 g/mol. The summed E-state index contributed by atoms with van der Waals surface area (Å²) in [6, 6.07) is 9.60. The number of imidazole rings is 1. The summed E-state index contributed by atoms with van der Waals surface area (Å²) in [6.45, 7) is 6.45. The third-order valence-corrected chi connectivity index (χ3v) is 6.28. The minimum atomic E-state index is -0.254. The second kappa shape index (κ2) is 9.95. The molecule has 0 atom stereocenters. The summed E-state index contributed by atoms with van der Waals surface area (Å²) in [5, 5.41) is 21.7. The normalized spacial score (nSPS) is 15.7. The van der Waals surface area contributed by atoms with Crippen LogP contribution >= 0.6 is 11.6 Å². The lowest BCUT2D eigenvalue weighted by Gasteiger charge is -2.32. The van der Waals surface area contributed by atoms with E-state index in [-0.39, 0.29) is 18.2 Å². The van der Waals surface area contributed by atoms with Gasteiger partial charge in [-0.1, -0.05) is 24.2 Å². The number of aliphatic hydroxyl groups excluding tert-OH is 1. The molecule has 35 heavy (non-hydrogen) atoms. The third kappa shape index (κ3) is 5.24. The van der Waals surface area contributed by atoms with Crippen molar-refractivity contribution in [3.8, 4) is 0 Å². The SMILES string of the molecule is C=c1[nH]c(=O)c(=Cc2cnn3c(NC4CCN(CCO)CC4)cc(Nc4cccc(Cl)c4)nc23)[nH]1. The fourth-order valence-corrected chi connectivity index (χ4v) is 4.52. The van der Waals surface area contributed by atoms with Gasteiger partial charge in [0.05, 0.1) is 12.8 Å². The summed E-state index contributed by atoms with van der Waals surface area (Å²) < 4.78 is 1.75. The molecule has 0 saturated carbocycles. The maximum atomic E-state index is 12.2. The number of aromatic nitrogens is 5. The van der Waals surface area contributed by atoms with Gasteiger partial charge >= 0.3 is 0 Å². The lowest BCUT2D eigenvalue weighted by atomic mass is 10.1. The molecular formula is C24H27ClN8O2. The first kappa shape index (κ1) is 23.2. The van der Waals surface area contributed by atoms with E-state index in [9.17, 15) is 9.90 Å². The fourth-order valence-electron chi connectivity index (χ4n) is 4.33. The highest BCUT2D eigenvalue weighted by atomic mass is 35.5. The molecule has 3 aromatic heterocycles. The highest BCUT2D eigenvalue weighted by Gasteiger charge is 2.20. The van der Waals surface area contributed by atoms with Crippen LogP contribution in [0.3, 0.4) is 0 Å². The number of anilines is 3. The number of benzene rings is 1. The molecule has 5 N–H and O–H groups in total. The second-order valence-electron chi connectivity index (χ2n) is 8.60. The molecule has 4 aromatic rings. The third-order valence-electron chi connectivity index (χ3n) is 6.05. The number of halogens is 1. The quantitative estimate of drug-likeness (QED) is 0.262. The van der Waals surface area contributed by atoms with Crippen LogP contribution in [-0.4, -0.2) is 66.9 Å². The van der Waals surface area contributed by atoms with E-state index >= 15 is 0 Å². The number of nitrogens with one attached hydrogen (secondary N) is 4. The number of fused-ring (bicyclic) bond motifs is 1. The maximum absolute atomic E-state index is 12.2. The summed E-state index contributed by atoms with van der Waals surface area (Å²) in [5.74, 6) is 1.41. The molecule has 0 radical (unpaired) electrons. The summed E-state index contributed by atoms with van der Waals surface area (Å²) in [5.41, 5.74) is 2.27. The van der Waals surface area contributed by atoms with Crippen molar-refractivity contribution in [2.75, 3.05) is 36.9 Å². The molecule has 0 unspecified atom stereocenters. The monoisotopic (exact) mass is 494 g/mol. The average Bonchev–Trinajstić information content (AvgIpc) is 3.37. The molecule has 1 saturated heterocycles. The minimum Gasteiger partial charge on any atom is -0.395 e. The number of H-pyrrole nitrogens is 2. The molecule has 5 rings (SSSR count). The molecule has 1 aliphatic heterocycles. The van der Waals surface area contributed by atoms with Crippen LogP contribution in [0.15, 0.2) is 41.3 Å². The Kier molecular flexibility index (Phi) is 6.58. The predicted molar refractivity (Wildman–Crippen MR) is 138 cm³/mol. The van der Waals surface area contributed by atoms with E-state index in [2.05, 4.69) is 37.2 Å². The molecule has 0 spiro atoms. The summed E-state index contributed by atoms with van der Waals surface area (Å²) in [6.07, 6.45) is 5.29. The van der Waals surface area contributed by atoms with Crippen molar-refractivity contribution in [2.45, 2.75) is 18.9 Å². The van der Waals surface area contributed by atoms with Crippen molar-refractivity contribution >= 4 is 47.2 Å². The molecule has 0 bridgehead atoms. The number of aliphatic hydroxyl groups is 1. The highest BCUT2D eigenvalue weighted by molar-refractivity contribution is 6.30. The van der Waals surface area contributed by atoms with Crippen LogP contribution in [0.25, 0.3) is 18.3 Å². The Hall–Kier alpha value is -3.60. The minimum absolute atomic E-state index is 0.174. The zero-order valence-electron chi connectivity index (χ0n) is 19.1. The molecule has 4 heterocycles. The first-order valence-electron chi connectivity index (χ1n) is 11.5. The Labute approximate surface area is 206 Å². The summed E-state index contributed by atoms with van der Waals surface area (Å²) in [4.78, 5) is 24.8. The number of β-amino-alcohol motifs (C(OH)–C–C–N with tert-alkyl or cyclic N) is 1.